The van der Waals surface area contributed by atoms with Crippen LogP contribution in [0.15, 0.2) is 48.1 Å². The molecule has 0 amide bonds. The smallest absolute Gasteiger partial charge is 0.334 e. The van der Waals surface area contributed by atoms with E-state index in [1.807, 2.05) is 0 Å². The lowest BCUT2D eigenvalue weighted by Gasteiger charge is -2.12. The van der Waals surface area contributed by atoms with E-state index in [0.29, 0.717) is 11.1 Å². The molecular formula is C13H11FO3. The Balaban J connectivity index is 2.40. The first-order chi connectivity index (χ1) is 8.13. The zero-order valence-electron chi connectivity index (χ0n) is 9.02. The second-order valence-corrected chi connectivity index (χ2v) is 3.69. The molecule has 1 unspecified atom stereocenters. The molecule has 1 aromatic rings. The Bertz CT molecular complexity index is 488. The first-order valence-electron chi connectivity index (χ1n) is 5.09. The van der Waals surface area contributed by atoms with Crippen molar-refractivity contribution in [2.45, 2.75) is 6.10 Å². The molecule has 0 saturated heterocycles. The van der Waals surface area contributed by atoms with Crippen LogP contribution in [0.25, 0.3) is 0 Å². The number of carboxylic acid groups (broad SMARTS) is 1. The van der Waals surface area contributed by atoms with Crippen molar-refractivity contribution < 1.29 is 19.0 Å². The maximum atomic E-state index is 12.8. The van der Waals surface area contributed by atoms with E-state index >= 15 is 0 Å². The third kappa shape index (κ3) is 2.12. The third-order valence-corrected chi connectivity index (χ3v) is 2.66. The highest BCUT2D eigenvalue weighted by molar-refractivity contribution is 5.90. The summed E-state index contributed by atoms with van der Waals surface area (Å²) >= 11 is 0. The van der Waals surface area contributed by atoms with Gasteiger partial charge in [-0.1, -0.05) is 24.8 Å². The van der Waals surface area contributed by atoms with Crippen LogP contribution < -0.4 is 0 Å². The van der Waals surface area contributed by atoms with Crippen molar-refractivity contribution in [3.8, 4) is 0 Å². The Labute approximate surface area is 97.8 Å². The van der Waals surface area contributed by atoms with Gasteiger partial charge in [0.15, 0.2) is 0 Å². The molecule has 0 fully saturated rings. The molecule has 0 aliphatic carbocycles. The Hall–Kier alpha value is -1.94. The van der Waals surface area contributed by atoms with Gasteiger partial charge in [-0.05, 0) is 23.3 Å². The van der Waals surface area contributed by atoms with Gasteiger partial charge >= 0.3 is 5.97 Å². The highest BCUT2D eigenvalue weighted by Crippen LogP contribution is 2.34. The van der Waals surface area contributed by atoms with Crippen molar-refractivity contribution in [1.82, 2.24) is 0 Å². The molecular weight excluding hydrogens is 223 g/mol. The molecule has 3 nitrogen and oxygen atoms in total. The fourth-order valence-corrected chi connectivity index (χ4v) is 1.82. The molecule has 1 aliphatic rings. The lowest BCUT2D eigenvalue weighted by atomic mass is 9.99. The first-order valence-corrected chi connectivity index (χ1v) is 5.09. The van der Waals surface area contributed by atoms with E-state index in [1.54, 1.807) is 0 Å². The van der Waals surface area contributed by atoms with Gasteiger partial charge in [0.25, 0.3) is 0 Å². The molecule has 1 aromatic carbocycles. The predicted octanol–water partition coefficient (Wildman–Crippen LogP) is 2.46. The van der Waals surface area contributed by atoms with Crippen LogP contribution in [0.2, 0.25) is 0 Å². The van der Waals surface area contributed by atoms with Crippen LogP contribution in [0.1, 0.15) is 11.7 Å². The lowest BCUT2D eigenvalue weighted by Crippen LogP contribution is -2.09. The predicted molar refractivity (Wildman–Crippen MR) is 60.0 cm³/mol. The fourth-order valence-electron chi connectivity index (χ4n) is 1.82. The second kappa shape index (κ2) is 4.51. The quantitative estimate of drug-likeness (QED) is 0.873. The van der Waals surface area contributed by atoms with Gasteiger partial charge in [0.1, 0.15) is 11.9 Å². The normalized spacial score (nSPS) is 19.5. The number of hydrogen-bond donors (Lipinski definition) is 1. The van der Waals surface area contributed by atoms with Gasteiger partial charge in [-0.25, -0.2) is 9.18 Å². The SMILES string of the molecule is C=CC1=C(C(=O)O)C(c2ccc(F)cc2)OC1. The topological polar surface area (TPSA) is 46.5 Å². The molecule has 88 valence electrons. The van der Waals surface area contributed by atoms with E-state index in [-0.39, 0.29) is 18.0 Å². The van der Waals surface area contributed by atoms with Gasteiger partial charge < -0.3 is 9.84 Å². The standard InChI is InChI=1S/C13H11FO3/c1-2-8-7-17-12(11(8)13(15)16)9-3-5-10(14)6-4-9/h2-6,12H,1,7H2,(H,15,16). The van der Waals surface area contributed by atoms with E-state index < -0.39 is 12.1 Å². The molecule has 0 aromatic heterocycles. The molecule has 0 bridgehead atoms. The Morgan fingerprint density at radius 2 is 2.12 bits per heavy atom. The van der Waals surface area contributed by atoms with E-state index in [2.05, 4.69) is 6.58 Å². The van der Waals surface area contributed by atoms with Gasteiger partial charge in [-0.3, -0.25) is 0 Å². The second-order valence-electron chi connectivity index (χ2n) is 3.69. The molecule has 1 heterocycles. The molecule has 1 N–H and O–H groups in total. The van der Waals surface area contributed by atoms with Crippen LogP contribution in [-0.2, 0) is 9.53 Å². The number of aliphatic carboxylic acids is 1. The summed E-state index contributed by atoms with van der Waals surface area (Å²) in [6.07, 6.45) is 0.827. The average molecular weight is 234 g/mol. The molecule has 1 atom stereocenters. The van der Waals surface area contributed by atoms with Crippen LogP contribution in [-0.4, -0.2) is 17.7 Å². The summed E-state index contributed by atoms with van der Waals surface area (Å²) in [4.78, 5) is 11.2. The number of halogens is 1. The highest BCUT2D eigenvalue weighted by atomic mass is 19.1. The van der Waals surface area contributed by atoms with Crippen molar-refractivity contribution >= 4 is 5.97 Å². The first kappa shape index (κ1) is 11.5. The number of carbonyl (C=O) groups is 1. The van der Waals surface area contributed by atoms with Gasteiger partial charge in [-0.15, -0.1) is 0 Å². The number of carboxylic acids is 1. The summed E-state index contributed by atoms with van der Waals surface area (Å²) in [6, 6.07) is 5.61. The minimum atomic E-state index is -1.04. The van der Waals surface area contributed by atoms with Crippen LogP contribution >= 0.6 is 0 Å². The van der Waals surface area contributed by atoms with E-state index in [0.717, 1.165) is 0 Å². The number of rotatable bonds is 3. The maximum absolute atomic E-state index is 12.8. The lowest BCUT2D eigenvalue weighted by molar-refractivity contribution is -0.133. The molecule has 0 radical (unpaired) electrons. The summed E-state index contributed by atoms with van der Waals surface area (Å²) < 4.78 is 18.2. The van der Waals surface area contributed by atoms with Crippen LogP contribution in [0.3, 0.4) is 0 Å². The molecule has 2 rings (SSSR count). The largest absolute Gasteiger partial charge is 0.478 e. The van der Waals surface area contributed by atoms with Crippen molar-refractivity contribution in [2.75, 3.05) is 6.61 Å². The molecule has 1 aliphatic heterocycles. The third-order valence-electron chi connectivity index (χ3n) is 2.66. The van der Waals surface area contributed by atoms with E-state index in [9.17, 15) is 9.18 Å². The van der Waals surface area contributed by atoms with E-state index in [1.165, 1.54) is 30.3 Å². The monoisotopic (exact) mass is 234 g/mol. The Morgan fingerprint density at radius 3 is 2.65 bits per heavy atom. The molecule has 0 saturated carbocycles. The van der Waals surface area contributed by atoms with Gasteiger partial charge in [0.2, 0.25) is 0 Å². The van der Waals surface area contributed by atoms with Gasteiger partial charge in [-0.2, -0.15) is 0 Å². The molecule has 17 heavy (non-hydrogen) atoms. The summed E-state index contributed by atoms with van der Waals surface area (Å²) in [7, 11) is 0. The molecule has 4 heteroatoms. The van der Waals surface area contributed by atoms with Crippen LogP contribution in [0, 0.1) is 5.82 Å². The Kier molecular flexibility index (Phi) is 3.06. The van der Waals surface area contributed by atoms with Crippen molar-refractivity contribution in [3.05, 3.63) is 59.4 Å². The fraction of sp³-hybridized carbons (Fsp3) is 0.154. The van der Waals surface area contributed by atoms with Crippen molar-refractivity contribution in [3.63, 3.8) is 0 Å². The number of benzene rings is 1. The number of ether oxygens (including phenoxy) is 1. The molecule has 0 spiro atoms. The summed E-state index contributed by atoms with van der Waals surface area (Å²) in [6.45, 7) is 3.77. The van der Waals surface area contributed by atoms with Crippen LogP contribution in [0.5, 0.6) is 0 Å². The van der Waals surface area contributed by atoms with Gasteiger partial charge in [0, 0.05) is 0 Å². The zero-order valence-corrected chi connectivity index (χ0v) is 9.02. The number of hydrogen-bond acceptors (Lipinski definition) is 2. The van der Waals surface area contributed by atoms with Gasteiger partial charge in [0.05, 0.1) is 12.2 Å². The van der Waals surface area contributed by atoms with Crippen molar-refractivity contribution in [2.24, 2.45) is 0 Å². The minimum absolute atomic E-state index is 0.173. The Morgan fingerprint density at radius 1 is 1.47 bits per heavy atom. The zero-order chi connectivity index (χ0) is 12.4. The summed E-state index contributed by atoms with van der Waals surface area (Å²) in [5, 5.41) is 9.14. The summed E-state index contributed by atoms with van der Waals surface area (Å²) in [5.41, 5.74) is 1.36. The van der Waals surface area contributed by atoms with Crippen LogP contribution in [0.4, 0.5) is 4.39 Å². The van der Waals surface area contributed by atoms with E-state index in [4.69, 9.17) is 9.84 Å². The maximum Gasteiger partial charge on any atom is 0.334 e. The minimum Gasteiger partial charge on any atom is -0.478 e. The highest BCUT2D eigenvalue weighted by Gasteiger charge is 2.31. The van der Waals surface area contributed by atoms with Crippen molar-refractivity contribution in [1.29, 1.82) is 0 Å². The summed E-state index contributed by atoms with van der Waals surface area (Å²) in [5.74, 6) is -1.40. The average Bonchev–Trinajstić information content (AvgIpc) is 2.73.